The third-order valence-electron chi connectivity index (χ3n) is 7.17. The molecular weight excluding hydrogens is 455 g/mol. The highest BCUT2D eigenvalue weighted by Gasteiger charge is 2.37. The summed E-state index contributed by atoms with van der Waals surface area (Å²) in [7, 11) is 0. The maximum Gasteiger partial charge on any atom is 0.253 e. The van der Waals surface area contributed by atoms with Crippen LogP contribution in [0.2, 0.25) is 0 Å². The van der Waals surface area contributed by atoms with Crippen LogP contribution in [-0.2, 0) is 5.41 Å². The SMILES string of the molecule is CC1(C)CN(c2ncnc3ccc(-c4cccc(C(=O)N5CC[C@H](N)C5)c4)nc23)c2ccc(F)cc21. The third-order valence-corrected chi connectivity index (χ3v) is 7.17. The minimum Gasteiger partial charge on any atom is -0.337 e. The number of carbonyl (C=O) groups is 1. The van der Waals surface area contributed by atoms with Gasteiger partial charge in [-0.3, -0.25) is 4.79 Å². The van der Waals surface area contributed by atoms with E-state index in [1.165, 1.54) is 12.4 Å². The van der Waals surface area contributed by atoms with Crippen molar-refractivity contribution in [3.05, 3.63) is 77.9 Å². The Bertz CT molecular complexity index is 1500. The van der Waals surface area contributed by atoms with Crippen LogP contribution >= 0.6 is 0 Å². The van der Waals surface area contributed by atoms with E-state index in [4.69, 9.17) is 10.7 Å². The largest absolute Gasteiger partial charge is 0.337 e. The molecule has 4 aromatic rings. The first kappa shape index (κ1) is 22.5. The zero-order valence-electron chi connectivity index (χ0n) is 20.3. The van der Waals surface area contributed by atoms with Gasteiger partial charge in [-0.05, 0) is 54.4 Å². The molecule has 4 heterocycles. The lowest BCUT2D eigenvalue weighted by Crippen LogP contribution is -2.31. The highest BCUT2D eigenvalue weighted by Crippen LogP contribution is 2.45. The molecule has 7 nitrogen and oxygen atoms in total. The molecule has 1 amide bonds. The maximum absolute atomic E-state index is 14.0. The molecule has 2 N–H and O–H groups in total. The van der Waals surface area contributed by atoms with E-state index in [1.807, 2.05) is 36.4 Å². The quantitative estimate of drug-likeness (QED) is 0.465. The standard InChI is InChI=1S/C28H27FN6O/c1-28(2)15-35(24-9-6-19(29)13-21(24)28)26-25-23(31-16-32-26)8-7-22(33-25)17-4-3-5-18(12-17)27(36)34-11-10-20(30)14-34/h3-9,12-13,16,20H,10-11,14-15,30H2,1-2H3/t20-/m0/s1. The van der Waals surface area contributed by atoms with Gasteiger partial charge in [0.1, 0.15) is 17.7 Å². The van der Waals surface area contributed by atoms with Crippen molar-refractivity contribution in [2.45, 2.75) is 31.7 Å². The van der Waals surface area contributed by atoms with Crippen molar-refractivity contribution in [1.82, 2.24) is 19.9 Å². The average molecular weight is 483 g/mol. The number of hydrogen-bond donors (Lipinski definition) is 1. The summed E-state index contributed by atoms with van der Waals surface area (Å²) in [4.78, 5) is 30.9. The Morgan fingerprint density at radius 1 is 1.11 bits per heavy atom. The fourth-order valence-electron chi connectivity index (χ4n) is 5.29. The number of nitrogens with two attached hydrogens (primary N) is 1. The molecule has 2 aliphatic rings. The number of fused-ring (bicyclic) bond motifs is 2. The van der Waals surface area contributed by atoms with Crippen LogP contribution < -0.4 is 10.6 Å². The Morgan fingerprint density at radius 2 is 1.97 bits per heavy atom. The molecule has 2 aliphatic heterocycles. The molecule has 182 valence electrons. The number of benzene rings is 2. The molecule has 1 saturated heterocycles. The van der Waals surface area contributed by atoms with Crippen molar-refractivity contribution in [3.63, 3.8) is 0 Å². The van der Waals surface area contributed by atoms with Crippen molar-refractivity contribution >= 4 is 28.4 Å². The van der Waals surface area contributed by atoms with Gasteiger partial charge >= 0.3 is 0 Å². The van der Waals surface area contributed by atoms with Gasteiger partial charge in [-0.1, -0.05) is 26.0 Å². The number of likely N-dealkylation sites (tertiary alicyclic amines) is 1. The van der Waals surface area contributed by atoms with Crippen LogP contribution in [0.1, 0.15) is 36.2 Å². The van der Waals surface area contributed by atoms with Crippen molar-refractivity contribution in [1.29, 1.82) is 0 Å². The fraction of sp³-hybridized carbons (Fsp3) is 0.286. The van der Waals surface area contributed by atoms with Crippen molar-refractivity contribution in [3.8, 4) is 11.3 Å². The molecule has 2 aromatic carbocycles. The number of nitrogens with zero attached hydrogens (tertiary/aromatic N) is 5. The summed E-state index contributed by atoms with van der Waals surface area (Å²) < 4.78 is 14.0. The molecule has 6 rings (SSSR count). The minimum absolute atomic E-state index is 0.0160. The van der Waals surface area contributed by atoms with Crippen LogP contribution in [0.15, 0.2) is 60.9 Å². The van der Waals surface area contributed by atoms with Gasteiger partial charge in [0.2, 0.25) is 0 Å². The van der Waals surface area contributed by atoms with E-state index in [1.54, 1.807) is 17.0 Å². The van der Waals surface area contributed by atoms with Crippen LogP contribution in [0.3, 0.4) is 0 Å². The molecule has 2 aromatic heterocycles. The summed E-state index contributed by atoms with van der Waals surface area (Å²) in [6.07, 6.45) is 2.36. The maximum atomic E-state index is 14.0. The topological polar surface area (TPSA) is 88.2 Å². The predicted octanol–water partition coefficient (Wildman–Crippen LogP) is 4.43. The number of anilines is 2. The van der Waals surface area contributed by atoms with Crippen molar-refractivity contribution < 1.29 is 9.18 Å². The minimum atomic E-state index is -0.251. The first-order valence-corrected chi connectivity index (χ1v) is 12.1. The zero-order chi connectivity index (χ0) is 25.0. The van der Waals surface area contributed by atoms with E-state index in [0.29, 0.717) is 36.5 Å². The van der Waals surface area contributed by atoms with Gasteiger partial charge in [0.05, 0.1) is 11.2 Å². The first-order valence-electron chi connectivity index (χ1n) is 12.1. The smallest absolute Gasteiger partial charge is 0.253 e. The van der Waals surface area contributed by atoms with Crippen LogP contribution in [0.4, 0.5) is 15.9 Å². The van der Waals surface area contributed by atoms with Gasteiger partial charge in [-0.2, -0.15) is 0 Å². The summed E-state index contributed by atoms with van der Waals surface area (Å²) in [5.74, 6) is 0.415. The number of pyridine rings is 1. The number of amides is 1. The lowest BCUT2D eigenvalue weighted by atomic mass is 9.87. The highest BCUT2D eigenvalue weighted by atomic mass is 19.1. The van der Waals surface area contributed by atoms with E-state index < -0.39 is 0 Å². The third kappa shape index (κ3) is 3.78. The molecule has 0 saturated carbocycles. The summed E-state index contributed by atoms with van der Waals surface area (Å²) in [6.45, 7) is 6.10. The lowest BCUT2D eigenvalue weighted by molar-refractivity contribution is 0.0791. The number of halogens is 1. The van der Waals surface area contributed by atoms with Gasteiger partial charge in [-0.25, -0.2) is 19.3 Å². The second-order valence-corrected chi connectivity index (χ2v) is 10.3. The van der Waals surface area contributed by atoms with E-state index in [2.05, 4.69) is 28.7 Å². The molecular formula is C28H27FN6O. The Morgan fingerprint density at radius 3 is 2.78 bits per heavy atom. The first-order chi connectivity index (χ1) is 17.3. The van der Waals surface area contributed by atoms with Crippen molar-refractivity contribution in [2.75, 3.05) is 24.5 Å². The van der Waals surface area contributed by atoms with E-state index in [9.17, 15) is 9.18 Å². The summed E-state index contributed by atoms with van der Waals surface area (Å²) >= 11 is 0. The summed E-state index contributed by atoms with van der Waals surface area (Å²) in [5, 5.41) is 0. The van der Waals surface area contributed by atoms with Gasteiger partial charge < -0.3 is 15.5 Å². The van der Waals surface area contributed by atoms with Gasteiger partial charge in [0, 0.05) is 47.9 Å². The van der Waals surface area contributed by atoms with Gasteiger partial charge in [-0.15, -0.1) is 0 Å². The Balaban J connectivity index is 1.41. The van der Waals surface area contributed by atoms with E-state index in [-0.39, 0.29) is 23.2 Å². The molecule has 8 heteroatoms. The van der Waals surface area contributed by atoms with Gasteiger partial charge in [0.15, 0.2) is 5.82 Å². The molecule has 0 aliphatic carbocycles. The Labute approximate surface area is 208 Å². The highest BCUT2D eigenvalue weighted by molar-refractivity contribution is 5.96. The normalized spacial score (nSPS) is 18.6. The van der Waals surface area contributed by atoms with Crippen molar-refractivity contribution in [2.24, 2.45) is 5.73 Å². The lowest BCUT2D eigenvalue weighted by Gasteiger charge is -2.22. The van der Waals surface area contributed by atoms with E-state index in [0.717, 1.165) is 34.4 Å². The molecule has 1 atom stereocenters. The predicted molar refractivity (Wildman–Crippen MR) is 138 cm³/mol. The monoisotopic (exact) mass is 482 g/mol. The number of rotatable bonds is 3. The number of hydrogen-bond acceptors (Lipinski definition) is 6. The van der Waals surface area contributed by atoms with Gasteiger partial charge in [0.25, 0.3) is 5.91 Å². The second-order valence-electron chi connectivity index (χ2n) is 10.3. The number of carbonyl (C=O) groups excluding carboxylic acids is 1. The molecule has 36 heavy (non-hydrogen) atoms. The Hall–Kier alpha value is -3.91. The molecule has 0 bridgehead atoms. The molecule has 1 fully saturated rings. The molecule has 0 unspecified atom stereocenters. The zero-order valence-corrected chi connectivity index (χ0v) is 20.3. The number of aromatic nitrogens is 3. The molecule has 0 spiro atoms. The fourth-order valence-corrected chi connectivity index (χ4v) is 5.29. The Kier molecular flexibility index (Phi) is 5.22. The summed E-state index contributed by atoms with van der Waals surface area (Å²) in [5.41, 5.74) is 11.2. The summed E-state index contributed by atoms with van der Waals surface area (Å²) in [6, 6.07) is 16.3. The van der Waals surface area contributed by atoms with Crippen LogP contribution in [-0.4, -0.2) is 51.4 Å². The van der Waals surface area contributed by atoms with Crippen LogP contribution in [0, 0.1) is 5.82 Å². The van der Waals surface area contributed by atoms with E-state index >= 15 is 0 Å². The second kappa shape index (κ2) is 8.34. The van der Waals surface area contributed by atoms with Crippen LogP contribution in [0.5, 0.6) is 0 Å². The van der Waals surface area contributed by atoms with Crippen LogP contribution in [0.25, 0.3) is 22.3 Å². The average Bonchev–Trinajstić information content (AvgIpc) is 3.43. The molecule has 0 radical (unpaired) electrons.